The molecule has 0 unspecified atom stereocenters. The summed E-state index contributed by atoms with van der Waals surface area (Å²) < 4.78 is 6.83. The summed E-state index contributed by atoms with van der Waals surface area (Å²) in [6.07, 6.45) is 0. The van der Waals surface area contributed by atoms with Gasteiger partial charge in [-0.25, -0.2) is 4.98 Å². The summed E-state index contributed by atoms with van der Waals surface area (Å²) in [5.74, 6) is 0.984. The molecule has 8 heteroatoms. The molecule has 0 atom stereocenters. The summed E-state index contributed by atoms with van der Waals surface area (Å²) in [5.41, 5.74) is 1.55. The van der Waals surface area contributed by atoms with E-state index in [0.717, 1.165) is 10.4 Å². The summed E-state index contributed by atoms with van der Waals surface area (Å²) in [7, 11) is 1.60. The van der Waals surface area contributed by atoms with E-state index in [9.17, 15) is 9.59 Å². The fourth-order valence-corrected chi connectivity index (χ4v) is 5.11. The molecule has 0 N–H and O–H groups in total. The maximum atomic E-state index is 13.4. The van der Waals surface area contributed by atoms with E-state index in [1.807, 2.05) is 52.0 Å². The van der Waals surface area contributed by atoms with Gasteiger partial charge in [0.05, 0.1) is 23.9 Å². The Morgan fingerprint density at radius 2 is 1.86 bits per heavy atom. The lowest BCUT2D eigenvalue weighted by atomic mass is 10.2. The Balaban J connectivity index is 2.11. The molecule has 2 aromatic heterocycles. The first-order valence-corrected chi connectivity index (χ1v) is 11.3. The molecule has 6 nitrogen and oxygen atoms in total. The van der Waals surface area contributed by atoms with Crippen LogP contribution in [0, 0.1) is 13.8 Å². The number of thioether (sulfide) groups is 1. The molecule has 0 spiro atoms. The van der Waals surface area contributed by atoms with Gasteiger partial charge in [0.1, 0.15) is 10.6 Å². The van der Waals surface area contributed by atoms with Gasteiger partial charge in [-0.1, -0.05) is 11.8 Å². The molecular weight excluding hydrogens is 406 g/mol. The normalized spacial score (nSPS) is 11.1. The minimum atomic E-state index is -0.111. The van der Waals surface area contributed by atoms with Crippen molar-refractivity contribution in [1.29, 1.82) is 0 Å². The predicted octanol–water partition coefficient (Wildman–Crippen LogP) is 4.03. The number of amides is 1. The number of carbonyl (C=O) groups excluding carboxylic acids is 1. The van der Waals surface area contributed by atoms with E-state index in [1.54, 1.807) is 16.6 Å². The molecular formula is C21H25N3O3S2. The van der Waals surface area contributed by atoms with E-state index in [2.05, 4.69) is 0 Å². The van der Waals surface area contributed by atoms with Gasteiger partial charge in [0, 0.05) is 18.0 Å². The molecule has 0 aliphatic rings. The van der Waals surface area contributed by atoms with E-state index >= 15 is 0 Å². The van der Waals surface area contributed by atoms with Crippen molar-refractivity contribution in [2.75, 3.05) is 26.0 Å². The lowest BCUT2D eigenvalue weighted by molar-refractivity contribution is -0.127. The molecule has 2 heterocycles. The minimum absolute atomic E-state index is 0.0363. The second-order valence-corrected chi connectivity index (χ2v) is 8.70. The third-order valence-electron chi connectivity index (χ3n) is 4.94. The summed E-state index contributed by atoms with van der Waals surface area (Å²) in [6, 6.07) is 7.29. The zero-order valence-corrected chi connectivity index (χ0v) is 18.9. The number of carbonyl (C=O) groups is 1. The first kappa shape index (κ1) is 21.4. The average Bonchev–Trinajstić information content (AvgIpc) is 3.01. The lowest BCUT2D eigenvalue weighted by Crippen LogP contribution is -2.32. The highest BCUT2D eigenvalue weighted by Crippen LogP contribution is 2.30. The number of hydrogen-bond acceptors (Lipinski definition) is 6. The molecule has 154 valence electrons. The van der Waals surface area contributed by atoms with Gasteiger partial charge in [-0.15, -0.1) is 11.3 Å². The molecule has 0 radical (unpaired) electrons. The molecule has 0 fully saturated rings. The molecule has 0 aliphatic carbocycles. The summed E-state index contributed by atoms with van der Waals surface area (Å²) in [5, 5.41) is 1.16. The van der Waals surface area contributed by atoms with Crippen molar-refractivity contribution in [3.05, 3.63) is 45.1 Å². The molecule has 29 heavy (non-hydrogen) atoms. The van der Waals surface area contributed by atoms with Crippen molar-refractivity contribution in [1.82, 2.24) is 14.5 Å². The molecule has 0 saturated heterocycles. The van der Waals surface area contributed by atoms with Crippen LogP contribution < -0.4 is 10.3 Å². The second kappa shape index (κ2) is 9.00. The van der Waals surface area contributed by atoms with Crippen LogP contribution in [0.3, 0.4) is 0 Å². The fraction of sp³-hybridized carbons (Fsp3) is 0.381. The highest BCUT2D eigenvalue weighted by molar-refractivity contribution is 7.99. The zero-order valence-electron chi connectivity index (χ0n) is 17.3. The van der Waals surface area contributed by atoms with Crippen LogP contribution in [0.25, 0.3) is 15.9 Å². The van der Waals surface area contributed by atoms with Crippen LogP contribution in [-0.4, -0.2) is 46.3 Å². The number of methoxy groups -OCH3 is 1. The van der Waals surface area contributed by atoms with Gasteiger partial charge < -0.3 is 9.64 Å². The van der Waals surface area contributed by atoms with E-state index in [-0.39, 0.29) is 17.2 Å². The molecule has 0 bridgehead atoms. The Kier molecular flexibility index (Phi) is 6.64. The Labute approximate surface area is 178 Å². The lowest BCUT2D eigenvalue weighted by Gasteiger charge is -2.18. The number of fused-ring (bicyclic) bond motifs is 1. The molecule has 1 amide bonds. The van der Waals surface area contributed by atoms with Crippen LogP contribution in [0.4, 0.5) is 0 Å². The number of nitrogens with zero attached hydrogens (tertiary/aromatic N) is 3. The molecule has 3 rings (SSSR count). The average molecular weight is 432 g/mol. The van der Waals surface area contributed by atoms with Gasteiger partial charge in [0.25, 0.3) is 5.56 Å². The molecule has 3 aromatic rings. The van der Waals surface area contributed by atoms with Gasteiger partial charge in [0.2, 0.25) is 5.91 Å². The monoisotopic (exact) mass is 431 g/mol. The van der Waals surface area contributed by atoms with E-state index in [4.69, 9.17) is 9.72 Å². The van der Waals surface area contributed by atoms with Crippen molar-refractivity contribution in [2.24, 2.45) is 0 Å². The molecule has 1 aromatic carbocycles. The highest BCUT2D eigenvalue weighted by atomic mass is 32.2. The van der Waals surface area contributed by atoms with Gasteiger partial charge in [-0.3, -0.25) is 14.2 Å². The minimum Gasteiger partial charge on any atom is -0.497 e. The Hall–Kier alpha value is -2.32. The maximum Gasteiger partial charge on any atom is 0.267 e. The van der Waals surface area contributed by atoms with Crippen molar-refractivity contribution in [3.8, 4) is 11.4 Å². The maximum absolute atomic E-state index is 13.4. The Bertz CT molecular complexity index is 1080. The largest absolute Gasteiger partial charge is 0.497 e. The highest BCUT2D eigenvalue weighted by Gasteiger charge is 2.19. The van der Waals surface area contributed by atoms with Crippen molar-refractivity contribution in [3.63, 3.8) is 0 Å². The number of ether oxygens (including phenoxy) is 1. The summed E-state index contributed by atoms with van der Waals surface area (Å²) >= 11 is 2.81. The van der Waals surface area contributed by atoms with E-state index in [0.29, 0.717) is 39.9 Å². The number of hydrogen-bond donors (Lipinski definition) is 0. The van der Waals surface area contributed by atoms with Crippen LogP contribution >= 0.6 is 23.1 Å². The topological polar surface area (TPSA) is 64.4 Å². The number of benzene rings is 1. The number of thiophene rings is 1. The summed E-state index contributed by atoms with van der Waals surface area (Å²) in [6.45, 7) is 9.19. The summed E-state index contributed by atoms with van der Waals surface area (Å²) in [4.78, 5) is 34.2. The molecule has 0 aliphatic heterocycles. The standard InChI is InChI=1S/C21H25N3O3S2/c1-6-23(7-2)17(25)12-28-21-22-19-18(13(3)14(4)29-19)20(26)24(21)15-8-10-16(27-5)11-9-15/h8-11H,6-7,12H2,1-5H3. The first-order valence-electron chi connectivity index (χ1n) is 9.48. The number of aromatic nitrogens is 2. The zero-order chi connectivity index (χ0) is 21.1. The van der Waals surface area contributed by atoms with E-state index in [1.165, 1.54) is 23.1 Å². The van der Waals surface area contributed by atoms with Crippen molar-refractivity contribution in [2.45, 2.75) is 32.9 Å². The van der Waals surface area contributed by atoms with Crippen LogP contribution in [0.2, 0.25) is 0 Å². The van der Waals surface area contributed by atoms with Crippen molar-refractivity contribution < 1.29 is 9.53 Å². The first-order chi connectivity index (χ1) is 13.9. The van der Waals surface area contributed by atoms with Gasteiger partial charge in [-0.05, 0) is 57.5 Å². The SMILES string of the molecule is CCN(CC)C(=O)CSc1nc2sc(C)c(C)c2c(=O)n1-c1ccc(OC)cc1. The van der Waals surface area contributed by atoms with Crippen LogP contribution in [0.15, 0.2) is 34.2 Å². The van der Waals surface area contributed by atoms with Gasteiger partial charge >= 0.3 is 0 Å². The Morgan fingerprint density at radius 1 is 1.21 bits per heavy atom. The number of rotatable bonds is 7. The second-order valence-electron chi connectivity index (χ2n) is 6.55. The quantitative estimate of drug-likeness (QED) is 0.417. The van der Waals surface area contributed by atoms with Gasteiger partial charge in [0.15, 0.2) is 5.16 Å². The van der Waals surface area contributed by atoms with Crippen LogP contribution in [-0.2, 0) is 4.79 Å². The van der Waals surface area contributed by atoms with Crippen LogP contribution in [0.5, 0.6) is 5.75 Å². The third-order valence-corrected chi connectivity index (χ3v) is 6.97. The van der Waals surface area contributed by atoms with Gasteiger partial charge in [-0.2, -0.15) is 0 Å². The predicted molar refractivity (Wildman–Crippen MR) is 120 cm³/mol. The van der Waals surface area contributed by atoms with Crippen molar-refractivity contribution >= 4 is 39.2 Å². The van der Waals surface area contributed by atoms with Crippen LogP contribution in [0.1, 0.15) is 24.3 Å². The number of aryl methyl sites for hydroxylation is 2. The molecule has 0 saturated carbocycles. The smallest absolute Gasteiger partial charge is 0.267 e. The Morgan fingerprint density at radius 3 is 2.45 bits per heavy atom. The third kappa shape index (κ3) is 4.18. The van der Waals surface area contributed by atoms with E-state index < -0.39 is 0 Å². The fourth-order valence-electron chi connectivity index (χ4n) is 3.12.